The highest BCUT2D eigenvalue weighted by Gasteiger charge is 2.35. The van der Waals surface area contributed by atoms with E-state index >= 15 is 0 Å². The largest absolute Gasteiger partial charge is 0.508 e. The van der Waals surface area contributed by atoms with Crippen molar-refractivity contribution in [2.75, 3.05) is 0 Å². The summed E-state index contributed by atoms with van der Waals surface area (Å²) >= 11 is 0. The average molecular weight is 517 g/mol. The second-order valence-electron chi connectivity index (χ2n) is 9.65. The third-order valence-corrected chi connectivity index (χ3v) is 7.15. The number of rotatable bonds is 2. The zero-order valence-electron chi connectivity index (χ0n) is 19.9. The number of phenolic OH excluding ortho intramolecular Hbond substituents is 4. The molecular weight excluding hydrogens is 492 g/mol. The summed E-state index contributed by atoms with van der Waals surface area (Å²) in [5, 5.41) is 62.9. The Kier molecular flexibility index (Phi) is 5.55. The van der Waals surface area contributed by atoms with Gasteiger partial charge in [0.25, 0.3) is 0 Å². The van der Waals surface area contributed by atoms with Crippen molar-refractivity contribution in [3.05, 3.63) is 93.1 Å². The van der Waals surface area contributed by atoms with Crippen LogP contribution in [-0.4, -0.2) is 42.8 Å². The van der Waals surface area contributed by atoms with Crippen LogP contribution in [0.5, 0.6) is 34.5 Å². The maximum Gasteiger partial charge on any atom is 0.186 e. The van der Waals surface area contributed by atoms with E-state index in [2.05, 4.69) is 0 Å². The molecule has 6 N–H and O–H groups in total. The van der Waals surface area contributed by atoms with Crippen molar-refractivity contribution in [2.24, 2.45) is 0 Å². The maximum atomic E-state index is 13.0. The second kappa shape index (κ2) is 8.83. The van der Waals surface area contributed by atoms with Crippen LogP contribution in [0.2, 0.25) is 0 Å². The number of benzene rings is 3. The summed E-state index contributed by atoms with van der Waals surface area (Å²) in [7, 11) is 0. The molecule has 6 rings (SSSR count). The molecular formula is C29H24O9. The van der Waals surface area contributed by atoms with Crippen LogP contribution in [0.4, 0.5) is 0 Å². The molecule has 9 nitrogen and oxygen atoms in total. The molecule has 2 aliphatic rings. The van der Waals surface area contributed by atoms with E-state index in [1.54, 1.807) is 30.3 Å². The minimum absolute atomic E-state index is 0.0623. The summed E-state index contributed by atoms with van der Waals surface area (Å²) in [5.74, 6) is -0.312. The normalized spacial score (nSPS) is 22.2. The lowest BCUT2D eigenvalue weighted by Crippen LogP contribution is -2.31. The first-order chi connectivity index (χ1) is 18.2. The molecule has 4 aromatic rings. The highest BCUT2D eigenvalue weighted by atomic mass is 16.5. The summed E-state index contributed by atoms with van der Waals surface area (Å²) in [6, 6.07) is 14.7. The predicted octanol–water partition coefficient (Wildman–Crippen LogP) is 3.10. The van der Waals surface area contributed by atoms with E-state index in [1.165, 1.54) is 30.3 Å². The fraction of sp³-hybridized carbons (Fsp3) is 0.207. The van der Waals surface area contributed by atoms with Crippen LogP contribution in [0, 0.1) is 0 Å². The summed E-state index contributed by atoms with van der Waals surface area (Å²) in [4.78, 5) is 13.0. The van der Waals surface area contributed by atoms with E-state index in [0.29, 0.717) is 33.0 Å². The van der Waals surface area contributed by atoms with Gasteiger partial charge in [-0.15, -0.1) is 0 Å². The van der Waals surface area contributed by atoms with Crippen LogP contribution in [0.25, 0.3) is 10.8 Å². The molecule has 194 valence electrons. The quantitative estimate of drug-likeness (QED) is 0.236. The highest BCUT2D eigenvalue weighted by Crippen LogP contribution is 2.44. The molecule has 2 heterocycles. The second-order valence-corrected chi connectivity index (χ2v) is 9.65. The van der Waals surface area contributed by atoms with Crippen molar-refractivity contribution in [2.45, 2.75) is 37.3 Å². The summed E-state index contributed by atoms with van der Waals surface area (Å²) in [6.45, 7) is 0. The summed E-state index contributed by atoms with van der Waals surface area (Å²) in [5.41, 5.74) is 1.40. The number of hydrogen-bond donors (Lipinski definition) is 6. The predicted molar refractivity (Wildman–Crippen MR) is 136 cm³/mol. The third-order valence-electron chi connectivity index (χ3n) is 7.15. The molecule has 0 saturated carbocycles. The Morgan fingerprint density at radius 2 is 1.24 bits per heavy atom. The zero-order chi connectivity index (χ0) is 26.7. The number of aromatic hydroxyl groups is 4. The monoisotopic (exact) mass is 516 g/mol. The van der Waals surface area contributed by atoms with Gasteiger partial charge in [-0.1, -0.05) is 24.3 Å². The number of fused-ring (bicyclic) bond motifs is 3. The highest BCUT2D eigenvalue weighted by molar-refractivity contribution is 5.86. The Bertz CT molecular complexity index is 1650. The number of aliphatic hydroxyl groups excluding tert-OH is 2. The van der Waals surface area contributed by atoms with Crippen LogP contribution in [0.3, 0.4) is 0 Å². The van der Waals surface area contributed by atoms with Gasteiger partial charge in [-0.3, -0.25) is 4.79 Å². The van der Waals surface area contributed by atoms with E-state index in [0.717, 1.165) is 0 Å². The molecule has 9 heteroatoms. The molecule has 38 heavy (non-hydrogen) atoms. The molecule has 0 unspecified atom stereocenters. The van der Waals surface area contributed by atoms with Gasteiger partial charge in [0.2, 0.25) is 0 Å². The number of hydrogen-bond acceptors (Lipinski definition) is 9. The Hall–Kier alpha value is -4.47. The number of ether oxygens (including phenoxy) is 2. The van der Waals surface area contributed by atoms with Gasteiger partial charge in [0, 0.05) is 59.2 Å². The van der Waals surface area contributed by atoms with Crippen LogP contribution in [-0.2, 0) is 12.8 Å². The molecule has 0 fully saturated rings. The van der Waals surface area contributed by atoms with Crippen LogP contribution in [0.15, 0.2) is 65.5 Å². The van der Waals surface area contributed by atoms with Crippen LogP contribution < -0.4 is 14.9 Å². The topological polar surface area (TPSA) is 157 Å². The fourth-order valence-electron chi connectivity index (χ4n) is 5.34. The van der Waals surface area contributed by atoms with Crippen molar-refractivity contribution < 1.29 is 40.1 Å². The maximum absolute atomic E-state index is 13.0. The lowest BCUT2D eigenvalue weighted by atomic mass is 9.90. The first-order valence-corrected chi connectivity index (χ1v) is 12.1. The van der Waals surface area contributed by atoms with Gasteiger partial charge in [-0.2, -0.15) is 0 Å². The Morgan fingerprint density at radius 3 is 1.87 bits per heavy atom. The first-order valence-electron chi connectivity index (χ1n) is 12.1. The Balaban J connectivity index is 1.47. The minimum Gasteiger partial charge on any atom is -0.508 e. The van der Waals surface area contributed by atoms with Gasteiger partial charge in [-0.05, 0) is 23.1 Å². The fourth-order valence-corrected chi connectivity index (χ4v) is 5.34. The van der Waals surface area contributed by atoms with Crippen LogP contribution >= 0.6 is 0 Å². The zero-order valence-corrected chi connectivity index (χ0v) is 19.9. The van der Waals surface area contributed by atoms with Gasteiger partial charge in [-0.25, -0.2) is 0 Å². The van der Waals surface area contributed by atoms with Gasteiger partial charge in [0.1, 0.15) is 40.6 Å². The van der Waals surface area contributed by atoms with Crippen molar-refractivity contribution in [3.8, 4) is 34.5 Å². The lowest BCUT2D eigenvalue weighted by Gasteiger charge is -2.32. The van der Waals surface area contributed by atoms with Crippen molar-refractivity contribution in [3.63, 3.8) is 0 Å². The van der Waals surface area contributed by atoms with Crippen molar-refractivity contribution >= 4 is 10.8 Å². The summed E-state index contributed by atoms with van der Waals surface area (Å²) in [6.07, 6.45) is -3.85. The molecule has 0 aromatic heterocycles. The molecule has 0 amide bonds. The van der Waals surface area contributed by atoms with E-state index < -0.39 is 24.4 Å². The first kappa shape index (κ1) is 23.9. The summed E-state index contributed by atoms with van der Waals surface area (Å²) < 4.78 is 12.0. The van der Waals surface area contributed by atoms with Gasteiger partial charge < -0.3 is 40.1 Å². The molecule has 4 aromatic carbocycles. The standard InChI is InChI=1S/C29H24O9/c30-14-7-22(33)19-11-24(35)28(37-26(19)9-14)13-4-5-21(32)16-2-1-3-17(18(16)6-13)29-25(36)12-20-23(34)8-15(31)10-27(20)38-29/h1-10,24-25,28-31,33-36H,11-12H2/t24-,25-,28-,29-/m1/s1. The van der Waals surface area contributed by atoms with Crippen molar-refractivity contribution in [1.29, 1.82) is 0 Å². The number of aliphatic hydroxyl groups is 2. The van der Waals surface area contributed by atoms with Crippen LogP contribution in [0.1, 0.15) is 34.5 Å². The molecule has 0 spiro atoms. The van der Waals surface area contributed by atoms with Crippen molar-refractivity contribution in [1.82, 2.24) is 0 Å². The number of phenols is 4. The Morgan fingerprint density at radius 1 is 0.658 bits per heavy atom. The molecule has 0 saturated heterocycles. The molecule has 2 aliphatic heterocycles. The minimum atomic E-state index is -1.07. The molecule has 4 atom stereocenters. The lowest BCUT2D eigenvalue weighted by molar-refractivity contribution is 0.0194. The van der Waals surface area contributed by atoms with E-state index in [-0.39, 0.29) is 52.8 Å². The van der Waals surface area contributed by atoms with Gasteiger partial charge in [0.05, 0.1) is 12.2 Å². The molecule has 0 bridgehead atoms. The SMILES string of the molecule is O=c1ccc([C@H]2Oc3cc(O)cc(O)c3C[C@H]2O)cc2c([C@H]3Oc4cc(O)cc(O)c4C[C@H]3O)cccc12. The van der Waals surface area contributed by atoms with E-state index in [1.807, 2.05) is 0 Å². The smallest absolute Gasteiger partial charge is 0.186 e. The third kappa shape index (κ3) is 3.93. The average Bonchev–Trinajstić information content (AvgIpc) is 3.03. The Labute approximate surface area is 216 Å². The molecule has 0 aliphatic carbocycles. The van der Waals surface area contributed by atoms with E-state index in [9.17, 15) is 35.4 Å². The van der Waals surface area contributed by atoms with Gasteiger partial charge in [0.15, 0.2) is 11.5 Å². The van der Waals surface area contributed by atoms with Gasteiger partial charge >= 0.3 is 0 Å². The van der Waals surface area contributed by atoms with E-state index in [4.69, 9.17) is 9.47 Å². The molecule has 0 radical (unpaired) electrons.